The van der Waals surface area contributed by atoms with E-state index in [1.165, 1.54) is 5.56 Å². The smallest absolute Gasteiger partial charge is 0.224 e. The Morgan fingerprint density at radius 1 is 1.39 bits per heavy atom. The summed E-state index contributed by atoms with van der Waals surface area (Å²) in [4.78, 5) is 4.97. The maximum absolute atomic E-state index is 5.91. The first-order chi connectivity index (χ1) is 8.49. The Morgan fingerprint density at radius 3 is 2.72 bits per heavy atom. The van der Waals surface area contributed by atoms with E-state index in [0.717, 1.165) is 30.5 Å². The van der Waals surface area contributed by atoms with Gasteiger partial charge >= 0.3 is 0 Å². The number of hydrogen-bond acceptors (Lipinski definition) is 3. The molecule has 4 heteroatoms. The van der Waals surface area contributed by atoms with E-state index in [2.05, 4.69) is 24.9 Å². The molecule has 1 aliphatic rings. The Kier molecular flexibility index (Phi) is 3.85. The predicted molar refractivity (Wildman–Crippen MR) is 77.1 cm³/mol. The second kappa shape index (κ2) is 5.22. The van der Waals surface area contributed by atoms with Gasteiger partial charge in [0.1, 0.15) is 4.99 Å². The summed E-state index contributed by atoms with van der Waals surface area (Å²) in [5, 5.41) is 0. The minimum Gasteiger partial charge on any atom is -0.474 e. The van der Waals surface area contributed by atoms with E-state index in [1.54, 1.807) is 0 Å². The van der Waals surface area contributed by atoms with E-state index >= 15 is 0 Å². The van der Waals surface area contributed by atoms with Crippen molar-refractivity contribution in [1.82, 2.24) is 4.98 Å². The normalized spacial score (nSPS) is 15.6. The van der Waals surface area contributed by atoms with Gasteiger partial charge in [0, 0.05) is 5.69 Å². The van der Waals surface area contributed by atoms with Crippen LogP contribution in [0.4, 0.5) is 0 Å². The van der Waals surface area contributed by atoms with Crippen LogP contribution in [0.5, 0.6) is 5.88 Å². The van der Waals surface area contributed by atoms with E-state index in [0.29, 0.717) is 16.8 Å². The average Bonchev–Trinajstić information content (AvgIpc) is 2.74. The fourth-order valence-corrected chi connectivity index (χ4v) is 2.18. The molecule has 2 rings (SSSR count). The van der Waals surface area contributed by atoms with Gasteiger partial charge in [0.15, 0.2) is 0 Å². The summed E-state index contributed by atoms with van der Waals surface area (Å²) in [6, 6.07) is 2.06. The molecule has 1 aromatic rings. The van der Waals surface area contributed by atoms with Crippen LogP contribution in [-0.2, 0) is 12.8 Å². The molecule has 1 aromatic heterocycles. The molecule has 18 heavy (non-hydrogen) atoms. The van der Waals surface area contributed by atoms with Gasteiger partial charge in [0.25, 0.3) is 0 Å². The van der Waals surface area contributed by atoms with Crippen molar-refractivity contribution in [2.45, 2.75) is 46.1 Å². The Hall–Kier alpha value is -1.16. The van der Waals surface area contributed by atoms with Gasteiger partial charge in [-0.2, -0.15) is 0 Å². The molecular formula is C14H20N2OS. The van der Waals surface area contributed by atoms with Gasteiger partial charge in [-0.25, -0.2) is 4.98 Å². The minimum atomic E-state index is 0.102. The summed E-state index contributed by atoms with van der Waals surface area (Å²) >= 11 is 5.10. The number of aromatic nitrogens is 1. The van der Waals surface area contributed by atoms with Crippen molar-refractivity contribution in [2.75, 3.05) is 0 Å². The molecule has 2 N–H and O–H groups in total. The van der Waals surface area contributed by atoms with E-state index in [-0.39, 0.29) is 6.10 Å². The highest BCUT2D eigenvalue weighted by Gasteiger charge is 2.20. The van der Waals surface area contributed by atoms with Gasteiger partial charge in [0.05, 0.1) is 11.7 Å². The molecule has 1 heterocycles. The monoisotopic (exact) mass is 264 g/mol. The summed E-state index contributed by atoms with van der Waals surface area (Å²) in [6.07, 6.45) is 3.35. The molecule has 1 unspecified atom stereocenters. The highest BCUT2D eigenvalue weighted by Crippen LogP contribution is 2.27. The molecule has 0 radical (unpaired) electrons. The van der Waals surface area contributed by atoms with Crippen LogP contribution in [0.1, 0.15) is 44.0 Å². The number of aryl methyl sites for hydroxylation is 2. The van der Waals surface area contributed by atoms with E-state index in [4.69, 9.17) is 22.7 Å². The molecule has 1 atom stereocenters. The minimum absolute atomic E-state index is 0.102. The van der Waals surface area contributed by atoms with Gasteiger partial charge in [-0.05, 0) is 43.7 Å². The number of pyridine rings is 1. The van der Waals surface area contributed by atoms with Gasteiger partial charge < -0.3 is 10.5 Å². The van der Waals surface area contributed by atoms with Gasteiger partial charge in [0.2, 0.25) is 5.88 Å². The maximum Gasteiger partial charge on any atom is 0.224 e. The molecule has 0 aliphatic heterocycles. The SMILES string of the molecule is CC(C)C(C)Oc1nc2c(cc1C(N)=S)CCC2. The van der Waals surface area contributed by atoms with Crippen LogP contribution in [-0.4, -0.2) is 16.1 Å². The van der Waals surface area contributed by atoms with Crippen LogP contribution in [0.15, 0.2) is 6.07 Å². The summed E-state index contributed by atoms with van der Waals surface area (Å²) in [5.74, 6) is 1.03. The number of nitrogens with zero attached hydrogens (tertiary/aromatic N) is 1. The lowest BCUT2D eigenvalue weighted by Crippen LogP contribution is -2.22. The molecule has 0 saturated carbocycles. The van der Waals surface area contributed by atoms with E-state index in [1.807, 2.05) is 6.92 Å². The van der Waals surface area contributed by atoms with E-state index in [9.17, 15) is 0 Å². The second-order valence-corrected chi connectivity index (χ2v) is 5.67. The Balaban J connectivity index is 2.35. The van der Waals surface area contributed by atoms with Crippen molar-refractivity contribution in [2.24, 2.45) is 11.7 Å². The Labute approximate surface area is 114 Å². The first-order valence-corrected chi connectivity index (χ1v) is 6.89. The molecule has 0 aromatic carbocycles. The standard InChI is InChI=1S/C14H20N2OS/c1-8(2)9(3)17-14-11(13(15)18)7-10-5-4-6-12(10)16-14/h7-9H,4-6H2,1-3H3,(H2,15,18). The summed E-state index contributed by atoms with van der Waals surface area (Å²) in [7, 11) is 0. The summed E-state index contributed by atoms with van der Waals surface area (Å²) in [5.41, 5.74) is 8.95. The number of nitrogens with two attached hydrogens (primary N) is 1. The number of hydrogen-bond donors (Lipinski definition) is 1. The highest BCUT2D eigenvalue weighted by atomic mass is 32.1. The first-order valence-electron chi connectivity index (χ1n) is 6.48. The molecule has 0 fully saturated rings. The van der Waals surface area contributed by atoms with Crippen LogP contribution in [0, 0.1) is 5.92 Å². The lowest BCUT2D eigenvalue weighted by molar-refractivity contribution is 0.163. The van der Waals surface area contributed by atoms with Gasteiger partial charge in [-0.1, -0.05) is 26.1 Å². The third-order valence-corrected chi connectivity index (χ3v) is 3.74. The summed E-state index contributed by atoms with van der Waals surface area (Å²) < 4.78 is 5.91. The Bertz CT molecular complexity index is 471. The van der Waals surface area contributed by atoms with Crippen LogP contribution in [0.25, 0.3) is 0 Å². The maximum atomic E-state index is 5.91. The number of rotatable bonds is 4. The zero-order valence-corrected chi connectivity index (χ0v) is 12.0. The van der Waals surface area contributed by atoms with Crippen molar-refractivity contribution in [3.05, 3.63) is 22.9 Å². The lowest BCUT2D eigenvalue weighted by atomic mass is 10.1. The van der Waals surface area contributed by atoms with Gasteiger partial charge in [-0.3, -0.25) is 0 Å². The molecular weight excluding hydrogens is 244 g/mol. The first kappa shape index (κ1) is 13.3. The highest BCUT2D eigenvalue weighted by molar-refractivity contribution is 7.80. The zero-order chi connectivity index (χ0) is 13.3. The molecule has 0 saturated heterocycles. The fraction of sp³-hybridized carbons (Fsp3) is 0.571. The fourth-order valence-electron chi connectivity index (χ4n) is 2.03. The van der Waals surface area contributed by atoms with Crippen molar-refractivity contribution in [1.29, 1.82) is 0 Å². The zero-order valence-electron chi connectivity index (χ0n) is 11.2. The van der Waals surface area contributed by atoms with Crippen molar-refractivity contribution >= 4 is 17.2 Å². The number of ether oxygens (including phenoxy) is 1. The summed E-state index contributed by atoms with van der Waals surface area (Å²) in [6.45, 7) is 6.29. The second-order valence-electron chi connectivity index (χ2n) is 5.23. The third kappa shape index (κ3) is 2.64. The topological polar surface area (TPSA) is 48.1 Å². The van der Waals surface area contributed by atoms with Crippen molar-refractivity contribution in [3.8, 4) is 5.88 Å². The third-order valence-electron chi connectivity index (χ3n) is 3.52. The van der Waals surface area contributed by atoms with Crippen LogP contribution in [0.3, 0.4) is 0 Å². The van der Waals surface area contributed by atoms with Crippen molar-refractivity contribution < 1.29 is 4.74 Å². The number of thiocarbonyl (C=S) groups is 1. The van der Waals surface area contributed by atoms with E-state index < -0.39 is 0 Å². The molecule has 3 nitrogen and oxygen atoms in total. The Morgan fingerprint density at radius 2 is 2.11 bits per heavy atom. The van der Waals surface area contributed by atoms with Crippen molar-refractivity contribution in [3.63, 3.8) is 0 Å². The van der Waals surface area contributed by atoms with Crippen LogP contribution >= 0.6 is 12.2 Å². The largest absolute Gasteiger partial charge is 0.474 e. The molecule has 98 valence electrons. The lowest BCUT2D eigenvalue weighted by Gasteiger charge is -2.20. The quantitative estimate of drug-likeness (QED) is 0.849. The number of fused-ring (bicyclic) bond motifs is 1. The van der Waals surface area contributed by atoms with Gasteiger partial charge in [-0.15, -0.1) is 0 Å². The molecule has 0 amide bonds. The average molecular weight is 264 g/mol. The molecule has 1 aliphatic carbocycles. The predicted octanol–water partition coefficient (Wildman–Crippen LogP) is 2.63. The molecule has 0 spiro atoms. The molecule has 0 bridgehead atoms. The van der Waals surface area contributed by atoms with Crippen LogP contribution in [0.2, 0.25) is 0 Å². The van der Waals surface area contributed by atoms with Crippen LogP contribution < -0.4 is 10.5 Å².